The van der Waals surface area contributed by atoms with E-state index in [1.165, 1.54) is 43.7 Å². The maximum Gasteiger partial charge on any atom is 0.337 e. The lowest BCUT2D eigenvalue weighted by molar-refractivity contribution is -0.105. The van der Waals surface area contributed by atoms with Crippen molar-refractivity contribution in [3.05, 3.63) is 29.1 Å². The Labute approximate surface area is 130 Å². The van der Waals surface area contributed by atoms with Crippen LogP contribution in [0, 0.1) is 12.8 Å². The van der Waals surface area contributed by atoms with Gasteiger partial charge in [-0.3, -0.25) is 14.6 Å². The van der Waals surface area contributed by atoms with Crippen molar-refractivity contribution in [2.45, 2.75) is 39.0 Å². The summed E-state index contributed by atoms with van der Waals surface area (Å²) in [6, 6.07) is 1.36. The Morgan fingerprint density at radius 1 is 1.36 bits per heavy atom. The number of carboxylic acids is 1. The SMILES string of the molecule is CON(CC1CCCCC1)C(=O)c1cc(C(=O)O)cnc1C. The van der Waals surface area contributed by atoms with Crippen molar-refractivity contribution in [1.29, 1.82) is 0 Å². The van der Waals surface area contributed by atoms with E-state index in [2.05, 4.69) is 4.98 Å². The van der Waals surface area contributed by atoms with Gasteiger partial charge in [-0.15, -0.1) is 0 Å². The van der Waals surface area contributed by atoms with Crippen LogP contribution in [0.15, 0.2) is 12.3 Å². The first-order chi connectivity index (χ1) is 10.5. The monoisotopic (exact) mass is 306 g/mol. The van der Waals surface area contributed by atoms with Gasteiger partial charge in [0.15, 0.2) is 0 Å². The van der Waals surface area contributed by atoms with Gasteiger partial charge in [-0.2, -0.15) is 0 Å². The highest BCUT2D eigenvalue weighted by Gasteiger charge is 2.24. The normalized spacial score (nSPS) is 15.5. The Morgan fingerprint density at radius 3 is 2.64 bits per heavy atom. The van der Waals surface area contributed by atoms with Crippen LogP contribution in [0.5, 0.6) is 0 Å². The number of hydroxylamine groups is 2. The largest absolute Gasteiger partial charge is 0.478 e. The lowest BCUT2D eigenvalue weighted by Crippen LogP contribution is -2.35. The highest BCUT2D eigenvalue weighted by atomic mass is 16.7. The van der Waals surface area contributed by atoms with Crippen molar-refractivity contribution >= 4 is 11.9 Å². The number of carboxylic acid groups (broad SMARTS) is 1. The molecule has 0 unspecified atom stereocenters. The number of aryl methyl sites for hydroxylation is 1. The summed E-state index contributed by atoms with van der Waals surface area (Å²) in [6.07, 6.45) is 7.07. The number of aromatic nitrogens is 1. The van der Waals surface area contributed by atoms with E-state index in [1.807, 2.05) is 0 Å². The molecule has 1 N–H and O–H groups in total. The third-order valence-electron chi connectivity index (χ3n) is 4.16. The molecule has 0 bridgehead atoms. The van der Waals surface area contributed by atoms with Crippen LogP contribution in [0.2, 0.25) is 0 Å². The molecule has 1 saturated carbocycles. The molecule has 6 heteroatoms. The van der Waals surface area contributed by atoms with Gasteiger partial charge in [0.2, 0.25) is 0 Å². The van der Waals surface area contributed by atoms with Crippen molar-refractivity contribution in [2.75, 3.05) is 13.7 Å². The molecule has 0 aromatic carbocycles. The molecule has 120 valence electrons. The number of carbonyl (C=O) groups is 2. The molecular weight excluding hydrogens is 284 g/mol. The van der Waals surface area contributed by atoms with Gasteiger partial charge in [0.05, 0.1) is 30.5 Å². The average Bonchev–Trinajstić information content (AvgIpc) is 2.53. The first-order valence-electron chi connectivity index (χ1n) is 7.59. The van der Waals surface area contributed by atoms with E-state index in [0.717, 1.165) is 12.8 Å². The van der Waals surface area contributed by atoms with Crippen LogP contribution in [-0.4, -0.2) is 40.7 Å². The molecule has 1 aromatic heterocycles. The van der Waals surface area contributed by atoms with E-state index in [0.29, 0.717) is 18.2 Å². The first kappa shape index (κ1) is 16.4. The fourth-order valence-corrected chi connectivity index (χ4v) is 2.85. The average molecular weight is 306 g/mol. The van der Waals surface area contributed by atoms with E-state index in [-0.39, 0.29) is 17.0 Å². The zero-order valence-corrected chi connectivity index (χ0v) is 13.0. The second-order valence-corrected chi connectivity index (χ2v) is 5.71. The molecule has 1 heterocycles. The van der Waals surface area contributed by atoms with Crippen LogP contribution in [0.4, 0.5) is 0 Å². The Morgan fingerprint density at radius 2 is 2.05 bits per heavy atom. The Bertz CT molecular complexity index is 553. The van der Waals surface area contributed by atoms with Crippen LogP contribution in [0.1, 0.15) is 58.5 Å². The van der Waals surface area contributed by atoms with E-state index in [4.69, 9.17) is 9.94 Å². The number of rotatable bonds is 5. The molecule has 22 heavy (non-hydrogen) atoms. The molecule has 1 amide bonds. The summed E-state index contributed by atoms with van der Waals surface area (Å²) in [6.45, 7) is 2.22. The summed E-state index contributed by atoms with van der Waals surface area (Å²) >= 11 is 0. The van der Waals surface area contributed by atoms with Gasteiger partial charge < -0.3 is 5.11 Å². The minimum Gasteiger partial charge on any atom is -0.478 e. The molecular formula is C16H22N2O4. The smallest absolute Gasteiger partial charge is 0.337 e. The predicted octanol–water partition coefficient (Wildman–Crippen LogP) is 2.67. The minimum atomic E-state index is -1.10. The van der Waals surface area contributed by atoms with Gasteiger partial charge in [-0.25, -0.2) is 9.86 Å². The van der Waals surface area contributed by atoms with Crippen LogP contribution in [0.3, 0.4) is 0 Å². The third-order valence-corrected chi connectivity index (χ3v) is 4.16. The molecule has 1 aliphatic rings. The number of amides is 1. The number of pyridine rings is 1. The summed E-state index contributed by atoms with van der Waals surface area (Å²) in [5, 5.41) is 10.4. The Hall–Kier alpha value is -1.95. The van der Waals surface area contributed by atoms with Crippen molar-refractivity contribution in [3.8, 4) is 0 Å². The fraction of sp³-hybridized carbons (Fsp3) is 0.562. The summed E-state index contributed by atoms with van der Waals surface area (Å²) < 4.78 is 0. The van der Waals surface area contributed by atoms with Gasteiger partial charge in [-0.05, 0) is 31.7 Å². The number of aromatic carboxylic acids is 1. The minimum absolute atomic E-state index is 0.00247. The van der Waals surface area contributed by atoms with Gasteiger partial charge in [0.25, 0.3) is 5.91 Å². The van der Waals surface area contributed by atoms with Gasteiger partial charge >= 0.3 is 5.97 Å². The molecule has 0 saturated heterocycles. The zero-order valence-electron chi connectivity index (χ0n) is 13.0. The molecule has 6 nitrogen and oxygen atoms in total. The van der Waals surface area contributed by atoms with E-state index >= 15 is 0 Å². The molecule has 1 fully saturated rings. The molecule has 2 rings (SSSR count). The summed E-state index contributed by atoms with van der Waals surface area (Å²) in [7, 11) is 1.46. The van der Waals surface area contributed by atoms with Crippen molar-refractivity contribution in [1.82, 2.24) is 10.0 Å². The molecule has 1 aliphatic carbocycles. The molecule has 0 aliphatic heterocycles. The second kappa shape index (κ2) is 7.35. The van der Waals surface area contributed by atoms with Gasteiger partial charge in [0, 0.05) is 6.20 Å². The van der Waals surface area contributed by atoms with Crippen LogP contribution >= 0.6 is 0 Å². The maximum atomic E-state index is 12.6. The summed E-state index contributed by atoms with van der Waals surface area (Å²) in [5.41, 5.74) is 0.779. The molecule has 0 atom stereocenters. The Balaban J connectivity index is 2.16. The summed E-state index contributed by atoms with van der Waals surface area (Å²) in [5.74, 6) is -0.993. The van der Waals surface area contributed by atoms with Crippen molar-refractivity contribution < 1.29 is 19.5 Å². The van der Waals surface area contributed by atoms with E-state index in [1.54, 1.807) is 6.92 Å². The summed E-state index contributed by atoms with van der Waals surface area (Å²) in [4.78, 5) is 32.9. The van der Waals surface area contributed by atoms with E-state index < -0.39 is 5.97 Å². The van der Waals surface area contributed by atoms with Gasteiger partial charge in [-0.1, -0.05) is 19.3 Å². The molecule has 0 spiro atoms. The van der Waals surface area contributed by atoms with Crippen molar-refractivity contribution in [3.63, 3.8) is 0 Å². The van der Waals surface area contributed by atoms with Crippen LogP contribution in [-0.2, 0) is 4.84 Å². The Kier molecular flexibility index (Phi) is 5.49. The highest BCUT2D eigenvalue weighted by molar-refractivity contribution is 5.97. The standard InChI is InChI=1S/C16H22N2O4/c1-11-14(8-13(9-17-11)16(20)21)15(19)18(22-2)10-12-6-4-3-5-7-12/h8-9,12H,3-7,10H2,1-2H3,(H,20,21). The zero-order chi connectivity index (χ0) is 16.1. The van der Waals surface area contributed by atoms with Crippen LogP contribution in [0.25, 0.3) is 0 Å². The fourth-order valence-electron chi connectivity index (χ4n) is 2.85. The second-order valence-electron chi connectivity index (χ2n) is 5.71. The van der Waals surface area contributed by atoms with Crippen molar-refractivity contribution in [2.24, 2.45) is 5.92 Å². The van der Waals surface area contributed by atoms with E-state index in [9.17, 15) is 9.59 Å². The van der Waals surface area contributed by atoms with Crippen LogP contribution < -0.4 is 0 Å². The molecule has 1 aromatic rings. The number of hydrogen-bond acceptors (Lipinski definition) is 4. The third kappa shape index (κ3) is 3.82. The van der Waals surface area contributed by atoms with Gasteiger partial charge in [0.1, 0.15) is 0 Å². The predicted molar refractivity (Wildman–Crippen MR) is 80.6 cm³/mol. The lowest BCUT2D eigenvalue weighted by atomic mass is 9.89. The molecule has 0 radical (unpaired) electrons. The number of nitrogens with zero attached hydrogens (tertiary/aromatic N) is 2. The number of hydrogen-bond donors (Lipinski definition) is 1. The first-order valence-corrected chi connectivity index (χ1v) is 7.59. The number of carbonyl (C=O) groups excluding carboxylic acids is 1. The topological polar surface area (TPSA) is 79.7 Å². The quantitative estimate of drug-likeness (QED) is 0.846. The highest BCUT2D eigenvalue weighted by Crippen LogP contribution is 2.25. The lowest BCUT2D eigenvalue weighted by Gasteiger charge is -2.28. The maximum absolute atomic E-state index is 12.6.